The smallest absolute Gasteiger partial charge is 0.222 e. The zero-order valence-electron chi connectivity index (χ0n) is 16.1. The number of methoxy groups -OCH3 is 3. The van der Waals surface area contributed by atoms with Crippen molar-refractivity contribution in [3.63, 3.8) is 0 Å². The van der Waals surface area contributed by atoms with Crippen molar-refractivity contribution in [1.29, 1.82) is 0 Å². The van der Waals surface area contributed by atoms with E-state index in [0.29, 0.717) is 39.7 Å². The number of anilines is 3. The predicted octanol–water partition coefficient (Wildman–Crippen LogP) is 3.11. The van der Waals surface area contributed by atoms with Crippen molar-refractivity contribution in [2.75, 3.05) is 44.7 Å². The summed E-state index contributed by atoms with van der Waals surface area (Å²) in [6.07, 6.45) is 0. The molecule has 3 rings (SSSR count). The Labute approximate surface area is 168 Å². The van der Waals surface area contributed by atoms with E-state index >= 15 is 0 Å². The first-order valence-corrected chi connectivity index (χ1v) is 8.78. The summed E-state index contributed by atoms with van der Waals surface area (Å²) in [5, 5.41) is 1.04. The van der Waals surface area contributed by atoms with Gasteiger partial charge in [0.1, 0.15) is 5.82 Å². The molecule has 0 aliphatic carbocycles. The minimum Gasteiger partial charge on any atom is -0.493 e. The summed E-state index contributed by atoms with van der Waals surface area (Å²) in [4.78, 5) is 10.2. The van der Waals surface area contributed by atoms with Gasteiger partial charge in [-0.1, -0.05) is 11.6 Å². The Kier molecular flexibility index (Phi) is 5.51. The van der Waals surface area contributed by atoms with Gasteiger partial charge < -0.3 is 30.6 Å². The number of halogens is 1. The number of benzene rings is 2. The summed E-state index contributed by atoms with van der Waals surface area (Å²) in [6.45, 7) is 0.539. The lowest BCUT2D eigenvalue weighted by atomic mass is 10.1. The molecule has 0 atom stereocenters. The first-order chi connectivity index (χ1) is 13.4. The molecule has 0 saturated heterocycles. The number of hydrogen-bond donors (Lipinski definition) is 2. The molecule has 0 saturated carbocycles. The van der Waals surface area contributed by atoms with Gasteiger partial charge in [-0.05, 0) is 29.8 Å². The van der Waals surface area contributed by atoms with E-state index in [9.17, 15) is 0 Å². The van der Waals surface area contributed by atoms with Crippen LogP contribution in [0, 0.1) is 0 Å². The summed E-state index contributed by atoms with van der Waals surface area (Å²) in [6, 6.07) is 7.47. The molecule has 148 valence electrons. The van der Waals surface area contributed by atoms with Gasteiger partial charge in [-0.25, -0.2) is 4.98 Å². The second-order valence-electron chi connectivity index (χ2n) is 6.15. The van der Waals surface area contributed by atoms with Gasteiger partial charge in [0, 0.05) is 13.6 Å². The summed E-state index contributed by atoms with van der Waals surface area (Å²) in [5.74, 6) is 2.07. The van der Waals surface area contributed by atoms with Crippen LogP contribution in [0.2, 0.25) is 5.02 Å². The summed E-state index contributed by atoms with van der Waals surface area (Å²) in [7, 11) is 6.66. The minimum atomic E-state index is 0.111. The number of aromatic nitrogens is 2. The van der Waals surface area contributed by atoms with E-state index in [2.05, 4.69) is 9.97 Å². The number of fused-ring (bicyclic) bond motifs is 1. The van der Waals surface area contributed by atoms with Crippen molar-refractivity contribution >= 4 is 40.0 Å². The van der Waals surface area contributed by atoms with E-state index < -0.39 is 0 Å². The van der Waals surface area contributed by atoms with E-state index in [4.69, 9.17) is 37.3 Å². The fraction of sp³-hybridized carbons (Fsp3) is 0.263. The molecule has 28 heavy (non-hydrogen) atoms. The second kappa shape index (κ2) is 7.85. The Morgan fingerprint density at radius 1 is 1.00 bits per heavy atom. The molecule has 9 heteroatoms. The van der Waals surface area contributed by atoms with Gasteiger partial charge in [0.25, 0.3) is 0 Å². The largest absolute Gasteiger partial charge is 0.493 e. The number of nitrogens with zero attached hydrogens (tertiary/aromatic N) is 3. The maximum absolute atomic E-state index is 6.61. The van der Waals surface area contributed by atoms with Crippen LogP contribution in [0.1, 0.15) is 5.56 Å². The highest BCUT2D eigenvalue weighted by atomic mass is 35.5. The number of hydrogen-bond acceptors (Lipinski definition) is 8. The molecule has 1 aromatic heterocycles. The molecule has 0 aliphatic heterocycles. The first-order valence-electron chi connectivity index (χ1n) is 8.40. The molecule has 0 spiro atoms. The lowest BCUT2D eigenvalue weighted by molar-refractivity contribution is 0.324. The van der Waals surface area contributed by atoms with Crippen LogP contribution in [0.25, 0.3) is 10.9 Å². The Bertz CT molecular complexity index is 1000. The standard InChI is InChI=1S/C19H22ClN5O3/c1-25(9-10-7-13(26-2)17(28-4)14(8-10)27-3)12-6-5-11-15(16(12)20)18(21)24-19(22)23-11/h5-8H,9H2,1-4H3,(H4,21,22,23,24). The van der Waals surface area contributed by atoms with Crippen molar-refractivity contribution in [2.45, 2.75) is 6.54 Å². The number of ether oxygens (including phenoxy) is 3. The Balaban J connectivity index is 2.00. The molecule has 0 bridgehead atoms. The van der Waals surface area contributed by atoms with Crippen molar-refractivity contribution in [2.24, 2.45) is 0 Å². The molecule has 3 aromatic rings. The number of nitrogen functional groups attached to an aromatic ring is 2. The van der Waals surface area contributed by atoms with Crippen molar-refractivity contribution in [3.05, 3.63) is 34.9 Å². The van der Waals surface area contributed by atoms with Crippen LogP contribution in [0.4, 0.5) is 17.5 Å². The van der Waals surface area contributed by atoms with E-state index in [-0.39, 0.29) is 11.8 Å². The topological polar surface area (TPSA) is 109 Å². The van der Waals surface area contributed by atoms with Gasteiger partial charge >= 0.3 is 0 Å². The Morgan fingerprint density at radius 2 is 1.64 bits per heavy atom. The molecule has 2 aromatic carbocycles. The van der Waals surface area contributed by atoms with Crippen LogP contribution in [0.3, 0.4) is 0 Å². The molecule has 0 aliphatic rings. The van der Waals surface area contributed by atoms with Crippen molar-refractivity contribution in [1.82, 2.24) is 9.97 Å². The lowest BCUT2D eigenvalue weighted by Crippen LogP contribution is -2.17. The van der Waals surface area contributed by atoms with Crippen LogP contribution >= 0.6 is 11.6 Å². The average Bonchev–Trinajstić information content (AvgIpc) is 2.66. The van der Waals surface area contributed by atoms with Crippen LogP contribution in [0.5, 0.6) is 17.2 Å². The summed E-state index contributed by atoms with van der Waals surface area (Å²) < 4.78 is 16.2. The van der Waals surface area contributed by atoms with Crippen LogP contribution in [0.15, 0.2) is 24.3 Å². The third-order valence-corrected chi connectivity index (χ3v) is 4.76. The fourth-order valence-corrected chi connectivity index (χ4v) is 3.50. The van der Waals surface area contributed by atoms with Crippen LogP contribution in [-0.2, 0) is 6.54 Å². The normalized spacial score (nSPS) is 10.8. The van der Waals surface area contributed by atoms with E-state index in [1.165, 1.54) is 0 Å². The molecule has 0 amide bonds. The van der Waals surface area contributed by atoms with Crippen LogP contribution < -0.4 is 30.6 Å². The molecular weight excluding hydrogens is 382 g/mol. The van der Waals surface area contributed by atoms with Gasteiger partial charge in [-0.15, -0.1) is 0 Å². The number of nitrogens with two attached hydrogens (primary N) is 2. The molecule has 8 nitrogen and oxygen atoms in total. The molecule has 4 N–H and O–H groups in total. The first kappa shape index (κ1) is 19.6. The van der Waals surface area contributed by atoms with Gasteiger partial charge in [0.2, 0.25) is 11.7 Å². The van der Waals surface area contributed by atoms with Gasteiger partial charge in [0.15, 0.2) is 11.5 Å². The lowest BCUT2D eigenvalue weighted by Gasteiger charge is -2.23. The van der Waals surface area contributed by atoms with Gasteiger partial charge in [0.05, 0.1) is 42.9 Å². The van der Waals surface area contributed by atoms with E-state index in [1.807, 2.05) is 36.2 Å². The summed E-state index contributed by atoms with van der Waals surface area (Å²) >= 11 is 6.61. The zero-order chi connectivity index (χ0) is 20.4. The Morgan fingerprint density at radius 3 is 2.21 bits per heavy atom. The fourth-order valence-electron chi connectivity index (χ4n) is 3.10. The Hall–Kier alpha value is -3.13. The molecular formula is C19H22ClN5O3. The number of rotatable bonds is 6. The summed E-state index contributed by atoms with van der Waals surface area (Å²) in [5.41, 5.74) is 14.0. The van der Waals surface area contributed by atoms with Crippen LogP contribution in [-0.4, -0.2) is 38.3 Å². The molecule has 0 fully saturated rings. The molecule has 1 heterocycles. The second-order valence-corrected chi connectivity index (χ2v) is 6.53. The highest BCUT2D eigenvalue weighted by molar-refractivity contribution is 6.39. The highest BCUT2D eigenvalue weighted by Gasteiger charge is 2.17. The van der Waals surface area contributed by atoms with E-state index in [1.54, 1.807) is 21.3 Å². The predicted molar refractivity (Wildman–Crippen MR) is 112 cm³/mol. The SMILES string of the molecule is COc1cc(CN(C)c2ccc3nc(N)nc(N)c3c2Cl)cc(OC)c1OC. The van der Waals surface area contributed by atoms with Gasteiger partial charge in [-0.3, -0.25) is 0 Å². The third kappa shape index (κ3) is 3.50. The third-order valence-electron chi connectivity index (χ3n) is 4.38. The average molecular weight is 404 g/mol. The molecule has 0 radical (unpaired) electrons. The van der Waals surface area contributed by atoms with Crippen molar-refractivity contribution in [3.8, 4) is 17.2 Å². The zero-order valence-corrected chi connectivity index (χ0v) is 16.9. The maximum atomic E-state index is 6.61. The maximum Gasteiger partial charge on any atom is 0.222 e. The van der Waals surface area contributed by atoms with Gasteiger partial charge in [-0.2, -0.15) is 4.98 Å². The highest BCUT2D eigenvalue weighted by Crippen LogP contribution is 2.40. The monoisotopic (exact) mass is 403 g/mol. The minimum absolute atomic E-state index is 0.111. The quantitative estimate of drug-likeness (QED) is 0.646. The van der Waals surface area contributed by atoms with E-state index in [0.717, 1.165) is 11.3 Å². The van der Waals surface area contributed by atoms with Crippen molar-refractivity contribution < 1.29 is 14.2 Å². The molecule has 0 unspecified atom stereocenters.